The molecule has 2 atom stereocenters. The topological polar surface area (TPSA) is 35.2 Å². The van der Waals surface area contributed by atoms with E-state index in [1.165, 1.54) is 38.2 Å². The number of hydrogen-bond acceptors (Lipinski definition) is 2. The first-order valence-electron chi connectivity index (χ1n) is 7.84. The summed E-state index contributed by atoms with van der Waals surface area (Å²) in [6, 6.07) is 6.67. The largest absolute Gasteiger partial charge is 0.375 e. The average Bonchev–Trinajstić information content (AvgIpc) is 2.47. The van der Waals surface area contributed by atoms with Crippen molar-refractivity contribution in [1.29, 1.82) is 0 Å². The normalized spacial score (nSPS) is 27.4. The molecule has 2 N–H and O–H groups in total. The molecule has 1 aliphatic heterocycles. The van der Waals surface area contributed by atoms with Crippen molar-refractivity contribution in [1.82, 2.24) is 0 Å². The average molecular weight is 277 g/mol. The van der Waals surface area contributed by atoms with E-state index in [0.717, 1.165) is 25.0 Å². The van der Waals surface area contributed by atoms with Crippen molar-refractivity contribution in [2.24, 2.45) is 11.7 Å². The molecule has 2 fully saturated rings. The standard InChI is InChI=1S/C17H24FNO/c18-15-6-4-5-13(11-15)16(19)14-7-10-20-17(12-14)8-2-1-3-9-17/h4-6,11,14,16H,1-3,7-10,12,19H2. The number of benzene rings is 1. The summed E-state index contributed by atoms with van der Waals surface area (Å²) in [5.41, 5.74) is 7.39. The summed E-state index contributed by atoms with van der Waals surface area (Å²) >= 11 is 0. The fraction of sp³-hybridized carbons (Fsp3) is 0.647. The molecule has 20 heavy (non-hydrogen) atoms. The van der Waals surface area contributed by atoms with Crippen LogP contribution in [-0.4, -0.2) is 12.2 Å². The Bertz CT molecular complexity index is 451. The molecule has 1 aliphatic carbocycles. The van der Waals surface area contributed by atoms with Crippen LogP contribution < -0.4 is 5.73 Å². The molecule has 1 aromatic carbocycles. The molecule has 1 aromatic rings. The quantitative estimate of drug-likeness (QED) is 0.888. The molecule has 2 aliphatic rings. The van der Waals surface area contributed by atoms with Gasteiger partial charge in [-0.05, 0) is 49.3 Å². The Kier molecular flexibility index (Phi) is 4.08. The zero-order valence-electron chi connectivity index (χ0n) is 12.0. The summed E-state index contributed by atoms with van der Waals surface area (Å²) in [6.07, 6.45) is 8.21. The van der Waals surface area contributed by atoms with Crippen molar-refractivity contribution in [2.45, 2.75) is 56.6 Å². The predicted molar refractivity (Wildman–Crippen MR) is 77.8 cm³/mol. The molecule has 110 valence electrons. The highest BCUT2D eigenvalue weighted by Gasteiger charge is 2.40. The molecule has 2 unspecified atom stereocenters. The lowest BCUT2D eigenvalue weighted by atomic mass is 9.73. The smallest absolute Gasteiger partial charge is 0.123 e. The van der Waals surface area contributed by atoms with Gasteiger partial charge >= 0.3 is 0 Å². The van der Waals surface area contributed by atoms with E-state index in [1.54, 1.807) is 12.1 Å². The van der Waals surface area contributed by atoms with Crippen molar-refractivity contribution >= 4 is 0 Å². The lowest BCUT2D eigenvalue weighted by Crippen LogP contribution is -2.44. The van der Waals surface area contributed by atoms with Crippen LogP contribution in [0.1, 0.15) is 56.6 Å². The fourth-order valence-corrected chi connectivity index (χ4v) is 3.90. The van der Waals surface area contributed by atoms with Gasteiger partial charge in [0.2, 0.25) is 0 Å². The molecule has 1 heterocycles. The summed E-state index contributed by atoms with van der Waals surface area (Å²) in [5, 5.41) is 0. The van der Waals surface area contributed by atoms with Gasteiger partial charge in [0.1, 0.15) is 5.82 Å². The van der Waals surface area contributed by atoms with Crippen LogP contribution in [0.4, 0.5) is 4.39 Å². The second kappa shape index (κ2) is 5.82. The third-order valence-electron chi connectivity index (χ3n) is 5.04. The Morgan fingerprint density at radius 1 is 1.25 bits per heavy atom. The van der Waals surface area contributed by atoms with Gasteiger partial charge in [-0.15, -0.1) is 0 Å². The first kappa shape index (κ1) is 14.0. The lowest BCUT2D eigenvalue weighted by molar-refractivity contribution is -0.120. The first-order chi connectivity index (χ1) is 9.69. The predicted octanol–water partition coefficient (Wildman–Crippen LogP) is 3.96. The van der Waals surface area contributed by atoms with E-state index in [9.17, 15) is 4.39 Å². The van der Waals surface area contributed by atoms with Crippen LogP contribution in [0, 0.1) is 11.7 Å². The van der Waals surface area contributed by atoms with Crippen LogP contribution in [0.2, 0.25) is 0 Å². The molecule has 0 aromatic heterocycles. The highest BCUT2D eigenvalue weighted by atomic mass is 19.1. The maximum absolute atomic E-state index is 13.4. The molecular formula is C17H24FNO. The molecule has 0 radical (unpaired) electrons. The van der Waals surface area contributed by atoms with Gasteiger partial charge in [0, 0.05) is 12.6 Å². The summed E-state index contributed by atoms with van der Waals surface area (Å²) in [4.78, 5) is 0. The fourth-order valence-electron chi connectivity index (χ4n) is 3.90. The maximum atomic E-state index is 13.4. The Morgan fingerprint density at radius 2 is 2.05 bits per heavy atom. The van der Waals surface area contributed by atoms with Gasteiger partial charge < -0.3 is 10.5 Å². The molecule has 0 amide bonds. The summed E-state index contributed by atoms with van der Waals surface area (Å²) < 4.78 is 19.5. The van der Waals surface area contributed by atoms with Crippen LogP contribution in [0.5, 0.6) is 0 Å². The first-order valence-corrected chi connectivity index (χ1v) is 7.84. The van der Waals surface area contributed by atoms with Gasteiger partial charge in [-0.1, -0.05) is 31.4 Å². The summed E-state index contributed by atoms with van der Waals surface area (Å²) in [7, 11) is 0. The van der Waals surface area contributed by atoms with E-state index >= 15 is 0 Å². The van der Waals surface area contributed by atoms with Crippen LogP contribution >= 0.6 is 0 Å². The van der Waals surface area contributed by atoms with Crippen molar-refractivity contribution < 1.29 is 9.13 Å². The van der Waals surface area contributed by atoms with Gasteiger partial charge in [0.25, 0.3) is 0 Å². The number of halogens is 1. The van der Waals surface area contributed by atoms with Gasteiger partial charge in [-0.25, -0.2) is 4.39 Å². The van der Waals surface area contributed by atoms with Crippen molar-refractivity contribution in [3.05, 3.63) is 35.6 Å². The van der Waals surface area contributed by atoms with E-state index in [1.807, 2.05) is 6.07 Å². The third-order valence-corrected chi connectivity index (χ3v) is 5.04. The number of hydrogen-bond donors (Lipinski definition) is 1. The zero-order chi connectivity index (χ0) is 14.0. The van der Waals surface area contributed by atoms with Crippen molar-refractivity contribution in [3.63, 3.8) is 0 Å². The van der Waals surface area contributed by atoms with E-state index < -0.39 is 0 Å². The highest BCUT2D eigenvalue weighted by molar-refractivity contribution is 5.21. The third kappa shape index (κ3) is 2.89. The molecule has 3 rings (SSSR count). The number of nitrogens with two attached hydrogens (primary N) is 1. The molecule has 3 heteroatoms. The molecular weight excluding hydrogens is 253 g/mol. The Labute approximate surface area is 120 Å². The Balaban J connectivity index is 1.73. The summed E-state index contributed by atoms with van der Waals surface area (Å²) in [6.45, 7) is 0.799. The summed E-state index contributed by atoms with van der Waals surface area (Å²) in [5.74, 6) is 0.209. The van der Waals surface area contributed by atoms with Crippen molar-refractivity contribution in [2.75, 3.05) is 6.61 Å². The minimum absolute atomic E-state index is 0.0616. The minimum Gasteiger partial charge on any atom is -0.375 e. The lowest BCUT2D eigenvalue weighted by Gasteiger charge is -2.45. The van der Waals surface area contributed by atoms with Gasteiger partial charge in [0.05, 0.1) is 5.60 Å². The van der Waals surface area contributed by atoms with Crippen molar-refractivity contribution in [3.8, 4) is 0 Å². The second-order valence-corrected chi connectivity index (χ2v) is 6.43. The monoisotopic (exact) mass is 277 g/mol. The van der Waals surface area contributed by atoms with Crippen LogP contribution in [0.25, 0.3) is 0 Å². The number of rotatable bonds is 2. The van der Waals surface area contributed by atoms with Crippen LogP contribution in [0.15, 0.2) is 24.3 Å². The maximum Gasteiger partial charge on any atom is 0.123 e. The van der Waals surface area contributed by atoms with E-state index in [2.05, 4.69) is 0 Å². The zero-order valence-corrected chi connectivity index (χ0v) is 12.0. The van der Waals surface area contributed by atoms with Gasteiger partial charge in [-0.3, -0.25) is 0 Å². The van der Waals surface area contributed by atoms with E-state index in [-0.39, 0.29) is 17.5 Å². The van der Waals surface area contributed by atoms with E-state index in [0.29, 0.717) is 5.92 Å². The van der Waals surface area contributed by atoms with Gasteiger partial charge in [-0.2, -0.15) is 0 Å². The Hall–Kier alpha value is -0.930. The SMILES string of the molecule is NC(c1cccc(F)c1)C1CCOC2(CCCCC2)C1. The number of ether oxygens (including phenoxy) is 1. The highest BCUT2D eigenvalue weighted by Crippen LogP contribution is 2.43. The molecule has 2 nitrogen and oxygen atoms in total. The van der Waals surface area contributed by atoms with E-state index in [4.69, 9.17) is 10.5 Å². The Morgan fingerprint density at radius 3 is 2.80 bits per heavy atom. The molecule has 1 saturated carbocycles. The van der Waals surface area contributed by atoms with Crippen LogP contribution in [0.3, 0.4) is 0 Å². The van der Waals surface area contributed by atoms with Gasteiger partial charge in [0.15, 0.2) is 0 Å². The molecule has 1 spiro atoms. The second-order valence-electron chi connectivity index (χ2n) is 6.43. The molecule has 1 saturated heterocycles. The molecule has 0 bridgehead atoms. The van der Waals surface area contributed by atoms with Crippen LogP contribution in [-0.2, 0) is 4.74 Å². The minimum atomic E-state index is -0.197.